The van der Waals surface area contributed by atoms with Crippen molar-refractivity contribution in [2.24, 2.45) is 0 Å². The first-order valence-electron chi connectivity index (χ1n) is 6.61. The fraction of sp³-hybridized carbons (Fsp3) is 0.222. The van der Waals surface area contributed by atoms with E-state index in [0.717, 1.165) is 0 Å². The first kappa shape index (κ1) is 14.2. The summed E-state index contributed by atoms with van der Waals surface area (Å²) < 4.78 is 0. The monoisotopic (exact) mass is 311 g/mol. The number of rotatable bonds is 5. The topological polar surface area (TPSA) is 0 Å². The van der Waals surface area contributed by atoms with Gasteiger partial charge in [-0.05, 0) is 0 Å². The van der Waals surface area contributed by atoms with E-state index in [4.69, 9.17) is 0 Å². The van der Waals surface area contributed by atoms with E-state index in [9.17, 15) is 0 Å². The molecule has 0 atom stereocenters. The van der Waals surface area contributed by atoms with Gasteiger partial charge in [-0.15, -0.1) is 0 Å². The molecule has 0 aliphatic rings. The average molecular weight is 311 g/mol. The van der Waals surface area contributed by atoms with Crippen molar-refractivity contribution in [3.63, 3.8) is 0 Å². The van der Waals surface area contributed by atoms with Crippen LogP contribution in [-0.2, 0) is 10.4 Å². The first-order chi connectivity index (χ1) is 9.22. The van der Waals surface area contributed by atoms with Crippen LogP contribution in [0.3, 0.4) is 0 Å². The fourth-order valence-corrected chi connectivity index (χ4v) is 4.73. The Morgan fingerprint density at radius 3 is 2.42 bits per heavy atom. The molecule has 2 rings (SSSR count). The van der Waals surface area contributed by atoms with E-state index in [1.165, 1.54) is 38.2 Å². The van der Waals surface area contributed by atoms with Crippen molar-refractivity contribution in [2.75, 3.05) is 0 Å². The maximum atomic E-state index is 3.89. The standard InChI is InChI=1S/C18H20As/c1-4-16-9-5-6-10-18(16)13-19-12-17-11-7-8-14(2)15(17)3/h4-11H,1,12-13H2,2-3H3. The zero-order valence-corrected chi connectivity index (χ0v) is 13.6. The van der Waals surface area contributed by atoms with E-state index in [1.807, 2.05) is 6.08 Å². The van der Waals surface area contributed by atoms with Gasteiger partial charge in [0.2, 0.25) is 0 Å². The molecule has 1 radical (unpaired) electrons. The summed E-state index contributed by atoms with van der Waals surface area (Å²) in [6.45, 7) is 8.33. The van der Waals surface area contributed by atoms with Crippen molar-refractivity contribution in [2.45, 2.75) is 24.3 Å². The molecule has 19 heavy (non-hydrogen) atoms. The van der Waals surface area contributed by atoms with Gasteiger partial charge in [0.25, 0.3) is 0 Å². The fourth-order valence-electron chi connectivity index (χ4n) is 2.16. The van der Waals surface area contributed by atoms with Gasteiger partial charge in [-0.2, -0.15) is 0 Å². The third kappa shape index (κ3) is 3.61. The van der Waals surface area contributed by atoms with Crippen LogP contribution in [0.25, 0.3) is 6.08 Å². The molecule has 0 amide bonds. The van der Waals surface area contributed by atoms with E-state index in [1.54, 1.807) is 0 Å². The Hall–Kier alpha value is -1.26. The summed E-state index contributed by atoms with van der Waals surface area (Å²) in [5.74, 6) is 0. The summed E-state index contributed by atoms with van der Waals surface area (Å²) in [6, 6.07) is 15.2. The second kappa shape index (κ2) is 6.77. The zero-order chi connectivity index (χ0) is 13.7. The van der Waals surface area contributed by atoms with E-state index >= 15 is 0 Å². The van der Waals surface area contributed by atoms with Crippen LogP contribution < -0.4 is 0 Å². The molecule has 0 heterocycles. The number of hydrogen-bond acceptors (Lipinski definition) is 0. The molecule has 1 heteroatoms. The van der Waals surface area contributed by atoms with Gasteiger partial charge in [0.1, 0.15) is 0 Å². The van der Waals surface area contributed by atoms with E-state index in [-0.39, 0.29) is 0 Å². The van der Waals surface area contributed by atoms with Crippen LogP contribution in [0.15, 0.2) is 49.0 Å². The third-order valence-electron chi connectivity index (χ3n) is 3.56. The Balaban J connectivity index is 2.00. The van der Waals surface area contributed by atoms with E-state index < -0.39 is 0 Å². The average Bonchev–Trinajstić information content (AvgIpc) is 2.44. The number of aryl methyl sites for hydroxylation is 1. The van der Waals surface area contributed by atoms with Crippen LogP contribution in [-0.4, -0.2) is 15.8 Å². The van der Waals surface area contributed by atoms with Crippen LogP contribution in [0.4, 0.5) is 0 Å². The second-order valence-electron chi connectivity index (χ2n) is 4.80. The summed E-state index contributed by atoms with van der Waals surface area (Å²) in [5.41, 5.74) is 7.14. The molecule has 97 valence electrons. The van der Waals surface area contributed by atoms with Gasteiger partial charge in [-0.25, -0.2) is 0 Å². The Bertz CT molecular complexity index is 570. The van der Waals surface area contributed by atoms with Crippen LogP contribution in [0, 0.1) is 13.8 Å². The minimum atomic E-state index is 0.318. The van der Waals surface area contributed by atoms with Gasteiger partial charge < -0.3 is 0 Å². The van der Waals surface area contributed by atoms with Gasteiger partial charge >= 0.3 is 123 Å². The minimum absolute atomic E-state index is 0.318. The van der Waals surface area contributed by atoms with Crippen molar-refractivity contribution >= 4 is 21.8 Å². The molecule has 2 aromatic rings. The van der Waals surface area contributed by atoms with Crippen molar-refractivity contribution in [3.8, 4) is 0 Å². The maximum absolute atomic E-state index is 3.89. The number of benzene rings is 2. The zero-order valence-electron chi connectivity index (χ0n) is 11.7. The summed E-state index contributed by atoms with van der Waals surface area (Å²) in [5, 5.41) is 2.46. The molecule has 0 unspecified atom stereocenters. The molecule has 0 aromatic heterocycles. The molecule has 0 saturated heterocycles. The van der Waals surface area contributed by atoms with Gasteiger partial charge in [0.05, 0.1) is 0 Å². The van der Waals surface area contributed by atoms with Crippen molar-refractivity contribution in [1.29, 1.82) is 0 Å². The molecule has 0 nitrogen and oxygen atoms in total. The quantitative estimate of drug-likeness (QED) is 0.720. The molecule has 0 saturated carbocycles. The summed E-state index contributed by atoms with van der Waals surface area (Å²) >= 11 is 0.318. The Morgan fingerprint density at radius 2 is 1.63 bits per heavy atom. The van der Waals surface area contributed by atoms with Crippen LogP contribution >= 0.6 is 0 Å². The normalized spacial score (nSPS) is 11.1. The van der Waals surface area contributed by atoms with Crippen molar-refractivity contribution in [1.82, 2.24) is 0 Å². The molecule has 0 N–H and O–H groups in total. The summed E-state index contributed by atoms with van der Waals surface area (Å²) in [6.07, 6.45) is 1.97. The van der Waals surface area contributed by atoms with E-state index in [2.05, 4.69) is 62.9 Å². The molecule has 0 fully saturated rings. The molecule has 0 bridgehead atoms. The van der Waals surface area contributed by atoms with E-state index in [0.29, 0.717) is 15.8 Å². The van der Waals surface area contributed by atoms with Crippen LogP contribution in [0.5, 0.6) is 0 Å². The van der Waals surface area contributed by atoms with Crippen LogP contribution in [0.2, 0.25) is 0 Å². The van der Waals surface area contributed by atoms with Crippen LogP contribution in [0.1, 0.15) is 27.8 Å². The molecule has 0 aliphatic heterocycles. The Kier molecular flexibility index (Phi) is 5.05. The van der Waals surface area contributed by atoms with Gasteiger partial charge in [-0.1, -0.05) is 0 Å². The molecule has 0 spiro atoms. The number of hydrogen-bond donors (Lipinski definition) is 0. The third-order valence-corrected chi connectivity index (χ3v) is 5.92. The Morgan fingerprint density at radius 1 is 0.947 bits per heavy atom. The molecule has 0 aliphatic carbocycles. The molecule has 2 aromatic carbocycles. The van der Waals surface area contributed by atoms with Gasteiger partial charge in [-0.3, -0.25) is 0 Å². The summed E-state index contributed by atoms with van der Waals surface area (Å²) in [7, 11) is 0. The van der Waals surface area contributed by atoms with Crippen molar-refractivity contribution < 1.29 is 0 Å². The predicted octanol–water partition coefficient (Wildman–Crippen LogP) is 4.35. The van der Waals surface area contributed by atoms with Gasteiger partial charge in [0.15, 0.2) is 0 Å². The first-order valence-corrected chi connectivity index (χ1v) is 9.26. The summed E-state index contributed by atoms with van der Waals surface area (Å²) in [4.78, 5) is 0. The van der Waals surface area contributed by atoms with Gasteiger partial charge in [0, 0.05) is 0 Å². The predicted molar refractivity (Wildman–Crippen MR) is 85.6 cm³/mol. The SMILES string of the molecule is C=Cc1ccccc1C[As]Cc1cccc(C)c1C. The second-order valence-corrected chi connectivity index (χ2v) is 7.07. The molecular formula is C18H20As. The van der Waals surface area contributed by atoms with Crippen molar-refractivity contribution in [3.05, 3.63) is 76.9 Å². The Labute approximate surface area is 123 Å². The molecular weight excluding hydrogens is 291 g/mol.